The van der Waals surface area contributed by atoms with Crippen LogP contribution in [0.1, 0.15) is 31.2 Å². The summed E-state index contributed by atoms with van der Waals surface area (Å²) in [6.07, 6.45) is -0.560. The highest BCUT2D eigenvalue weighted by atomic mass is 19.4. The molecule has 0 radical (unpaired) electrons. The lowest BCUT2D eigenvalue weighted by atomic mass is 9.75. The number of anilines is 1. The number of nitrogens with zero attached hydrogens (tertiary/aromatic N) is 1. The van der Waals surface area contributed by atoms with Crippen LogP contribution in [0.5, 0.6) is 0 Å². The van der Waals surface area contributed by atoms with Crippen molar-refractivity contribution in [2.75, 3.05) is 5.73 Å². The summed E-state index contributed by atoms with van der Waals surface area (Å²) in [6.45, 7) is 0. The van der Waals surface area contributed by atoms with Gasteiger partial charge in [0.05, 0.1) is 11.5 Å². The summed E-state index contributed by atoms with van der Waals surface area (Å²) in [6, 6.07) is 1.63. The van der Waals surface area contributed by atoms with Crippen molar-refractivity contribution in [3.05, 3.63) is 24.0 Å². The van der Waals surface area contributed by atoms with Crippen LogP contribution < -0.4 is 5.73 Å². The standard InChI is InChI=1S/C13H17F3N2O/c14-13(15,16)10-1-4-12(19,5-2-10)7-9-8-18-6-3-11(9)17/h3,6,8,10,19H,1-2,4-5,7H2,(H2,17,18). The molecule has 0 spiro atoms. The zero-order valence-corrected chi connectivity index (χ0v) is 10.5. The molecule has 1 aliphatic rings. The molecule has 1 aromatic heterocycles. The maximum absolute atomic E-state index is 12.6. The molecule has 3 nitrogen and oxygen atoms in total. The maximum atomic E-state index is 12.6. The number of hydrogen-bond donors (Lipinski definition) is 2. The van der Waals surface area contributed by atoms with Gasteiger partial charge >= 0.3 is 6.18 Å². The van der Waals surface area contributed by atoms with Crippen molar-refractivity contribution in [1.82, 2.24) is 4.98 Å². The van der Waals surface area contributed by atoms with Gasteiger partial charge in [-0.05, 0) is 37.3 Å². The highest BCUT2D eigenvalue weighted by Crippen LogP contribution is 2.42. The van der Waals surface area contributed by atoms with E-state index in [0.29, 0.717) is 11.3 Å². The minimum absolute atomic E-state index is 0.0276. The Bertz CT molecular complexity index is 440. The van der Waals surface area contributed by atoms with Crippen LogP contribution in [-0.2, 0) is 6.42 Å². The Balaban J connectivity index is 2.01. The summed E-state index contributed by atoms with van der Waals surface area (Å²) in [4.78, 5) is 3.93. The third-order valence-electron chi connectivity index (χ3n) is 3.84. The number of nitrogens with two attached hydrogens (primary N) is 1. The average molecular weight is 274 g/mol. The molecular weight excluding hydrogens is 257 g/mol. The summed E-state index contributed by atoms with van der Waals surface area (Å²) in [5.41, 5.74) is 5.87. The molecular formula is C13H17F3N2O. The van der Waals surface area contributed by atoms with E-state index in [1.807, 2.05) is 0 Å². The molecule has 1 aromatic rings. The Hall–Kier alpha value is -1.30. The van der Waals surface area contributed by atoms with Gasteiger partial charge in [-0.2, -0.15) is 13.2 Å². The quantitative estimate of drug-likeness (QED) is 0.871. The van der Waals surface area contributed by atoms with Gasteiger partial charge in [0.2, 0.25) is 0 Å². The van der Waals surface area contributed by atoms with E-state index < -0.39 is 17.7 Å². The number of aromatic nitrogens is 1. The maximum Gasteiger partial charge on any atom is 0.391 e. The summed E-state index contributed by atoms with van der Waals surface area (Å²) in [7, 11) is 0. The molecule has 0 unspecified atom stereocenters. The summed E-state index contributed by atoms with van der Waals surface area (Å²) < 4.78 is 37.7. The van der Waals surface area contributed by atoms with Gasteiger partial charge in [-0.3, -0.25) is 4.98 Å². The molecule has 2 rings (SSSR count). The Labute approximate surface area is 109 Å². The number of alkyl halides is 3. The van der Waals surface area contributed by atoms with Crippen LogP contribution in [0.15, 0.2) is 18.5 Å². The van der Waals surface area contributed by atoms with E-state index in [-0.39, 0.29) is 32.1 Å². The first-order valence-electron chi connectivity index (χ1n) is 6.28. The van der Waals surface area contributed by atoms with Crippen molar-refractivity contribution < 1.29 is 18.3 Å². The average Bonchev–Trinajstić information content (AvgIpc) is 2.31. The monoisotopic (exact) mass is 274 g/mol. The van der Waals surface area contributed by atoms with Gasteiger partial charge in [0.1, 0.15) is 0 Å². The smallest absolute Gasteiger partial charge is 0.391 e. The minimum Gasteiger partial charge on any atom is -0.398 e. The lowest BCUT2D eigenvalue weighted by Gasteiger charge is -2.36. The molecule has 0 atom stereocenters. The fraction of sp³-hybridized carbons (Fsp3) is 0.615. The van der Waals surface area contributed by atoms with Gasteiger partial charge in [0, 0.05) is 24.5 Å². The second kappa shape index (κ2) is 5.00. The normalized spacial score (nSPS) is 28.3. The van der Waals surface area contributed by atoms with Crippen molar-refractivity contribution in [3.63, 3.8) is 0 Å². The van der Waals surface area contributed by atoms with E-state index in [4.69, 9.17) is 5.73 Å². The summed E-state index contributed by atoms with van der Waals surface area (Å²) in [5.74, 6) is -1.29. The molecule has 106 valence electrons. The fourth-order valence-corrected chi connectivity index (χ4v) is 2.60. The highest BCUT2D eigenvalue weighted by Gasteiger charge is 2.45. The highest BCUT2D eigenvalue weighted by molar-refractivity contribution is 5.45. The molecule has 19 heavy (non-hydrogen) atoms. The number of rotatable bonds is 2. The van der Waals surface area contributed by atoms with E-state index in [2.05, 4.69) is 4.98 Å². The van der Waals surface area contributed by atoms with Gasteiger partial charge in [-0.1, -0.05) is 0 Å². The minimum atomic E-state index is -4.16. The van der Waals surface area contributed by atoms with Gasteiger partial charge in [0.25, 0.3) is 0 Å². The van der Waals surface area contributed by atoms with Gasteiger partial charge in [0.15, 0.2) is 0 Å². The van der Waals surface area contributed by atoms with Crippen molar-refractivity contribution in [3.8, 4) is 0 Å². The second-order valence-electron chi connectivity index (χ2n) is 5.29. The van der Waals surface area contributed by atoms with Crippen LogP contribution in [0.4, 0.5) is 18.9 Å². The molecule has 0 saturated heterocycles. The molecule has 0 aliphatic heterocycles. The lowest BCUT2D eigenvalue weighted by molar-refractivity contribution is -0.192. The third kappa shape index (κ3) is 3.37. The van der Waals surface area contributed by atoms with E-state index in [1.165, 1.54) is 0 Å². The van der Waals surface area contributed by atoms with Crippen LogP contribution in [-0.4, -0.2) is 21.9 Å². The first-order chi connectivity index (χ1) is 8.80. The molecule has 1 aliphatic carbocycles. The van der Waals surface area contributed by atoms with E-state index in [0.717, 1.165) is 0 Å². The van der Waals surface area contributed by atoms with Gasteiger partial charge in [-0.15, -0.1) is 0 Å². The zero-order valence-electron chi connectivity index (χ0n) is 10.5. The number of halogens is 3. The zero-order chi connectivity index (χ0) is 14.1. The number of aliphatic hydroxyl groups is 1. The van der Waals surface area contributed by atoms with Gasteiger partial charge < -0.3 is 10.8 Å². The van der Waals surface area contributed by atoms with Crippen molar-refractivity contribution in [2.45, 2.75) is 43.9 Å². The van der Waals surface area contributed by atoms with Crippen LogP contribution in [0.3, 0.4) is 0 Å². The summed E-state index contributed by atoms with van der Waals surface area (Å²) in [5, 5.41) is 10.4. The Morgan fingerprint density at radius 1 is 1.37 bits per heavy atom. The molecule has 1 saturated carbocycles. The molecule has 0 bridgehead atoms. The van der Waals surface area contributed by atoms with Crippen LogP contribution in [0.2, 0.25) is 0 Å². The van der Waals surface area contributed by atoms with Crippen molar-refractivity contribution in [1.29, 1.82) is 0 Å². The van der Waals surface area contributed by atoms with Crippen molar-refractivity contribution >= 4 is 5.69 Å². The molecule has 0 aromatic carbocycles. The molecule has 3 N–H and O–H groups in total. The topological polar surface area (TPSA) is 59.1 Å². The number of pyridine rings is 1. The SMILES string of the molecule is Nc1ccncc1CC1(O)CCC(C(F)(F)F)CC1. The molecule has 1 fully saturated rings. The molecule has 0 amide bonds. The molecule has 6 heteroatoms. The largest absolute Gasteiger partial charge is 0.398 e. The third-order valence-corrected chi connectivity index (χ3v) is 3.84. The van der Waals surface area contributed by atoms with E-state index in [9.17, 15) is 18.3 Å². The fourth-order valence-electron chi connectivity index (χ4n) is 2.60. The Kier molecular flexibility index (Phi) is 3.71. The lowest BCUT2D eigenvalue weighted by Crippen LogP contribution is -2.40. The predicted octanol–water partition coefficient (Wildman–Crippen LogP) is 2.69. The number of nitrogen functional groups attached to an aromatic ring is 1. The Morgan fingerprint density at radius 2 is 2.00 bits per heavy atom. The number of hydrogen-bond acceptors (Lipinski definition) is 3. The van der Waals surface area contributed by atoms with Gasteiger partial charge in [-0.25, -0.2) is 0 Å². The van der Waals surface area contributed by atoms with Crippen LogP contribution in [0.25, 0.3) is 0 Å². The van der Waals surface area contributed by atoms with Crippen LogP contribution in [0, 0.1) is 5.92 Å². The predicted molar refractivity (Wildman–Crippen MR) is 65.3 cm³/mol. The van der Waals surface area contributed by atoms with Crippen LogP contribution >= 0.6 is 0 Å². The van der Waals surface area contributed by atoms with Crippen molar-refractivity contribution in [2.24, 2.45) is 5.92 Å². The second-order valence-corrected chi connectivity index (χ2v) is 5.29. The first-order valence-corrected chi connectivity index (χ1v) is 6.28. The first kappa shape index (κ1) is 14.1. The van der Waals surface area contributed by atoms with E-state index >= 15 is 0 Å². The van der Waals surface area contributed by atoms with E-state index in [1.54, 1.807) is 18.5 Å². The molecule has 1 heterocycles. The summed E-state index contributed by atoms with van der Waals surface area (Å²) >= 11 is 0. The Morgan fingerprint density at radius 3 is 2.53 bits per heavy atom.